The second-order valence-corrected chi connectivity index (χ2v) is 6.02. The molecular weight excluding hydrogens is 272 g/mol. The average Bonchev–Trinajstić information content (AvgIpc) is 2.41. The summed E-state index contributed by atoms with van der Waals surface area (Å²) in [5.41, 5.74) is 0.890. The number of ether oxygens (including phenoxy) is 2. The predicted octanol–water partition coefficient (Wildman–Crippen LogP) is 2.90. The number of nitrogens with zero attached hydrogens (tertiary/aromatic N) is 1. The molecule has 0 bridgehead atoms. The van der Waals surface area contributed by atoms with Gasteiger partial charge < -0.3 is 14.8 Å². The highest BCUT2D eigenvalue weighted by Crippen LogP contribution is 2.28. The lowest BCUT2D eigenvalue weighted by Gasteiger charge is -2.20. The molecule has 1 N–H and O–H groups in total. The molecule has 0 spiro atoms. The summed E-state index contributed by atoms with van der Waals surface area (Å²) >= 11 is 0. The molecule has 1 aromatic carbocycles. The van der Waals surface area contributed by atoms with Gasteiger partial charge >= 0.3 is 5.69 Å². The van der Waals surface area contributed by atoms with Gasteiger partial charge in [-0.25, -0.2) is 0 Å². The molecular formula is C15H24N2O4. The summed E-state index contributed by atoms with van der Waals surface area (Å²) in [6.45, 7) is 8.93. The van der Waals surface area contributed by atoms with Crippen molar-refractivity contribution < 1.29 is 14.4 Å². The Balaban J connectivity index is 2.87. The third kappa shape index (κ3) is 6.10. The van der Waals surface area contributed by atoms with E-state index < -0.39 is 4.92 Å². The number of nitrogens with one attached hydrogen (secondary N) is 1. The summed E-state index contributed by atoms with van der Waals surface area (Å²) in [5.74, 6) is 0.275. The molecule has 1 unspecified atom stereocenters. The largest absolute Gasteiger partial charge is 0.484 e. The van der Waals surface area contributed by atoms with Crippen LogP contribution >= 0.6 is 0 Å². The molecule has 1 atom stereocenters. The minimum atomic E-state index is -0.437. The van der Waals surface area contributed by atoms with E-state index in [0.717, 1.165) is 5.56 Å². The van der Waals surface area contributed by atoms with Crippen LogP contribution in [0.25, 0.3) is 0 Å². The molecule has 0 amide bonds. The maximum atomic E-state index is 11.0. The van der Waals surface area contributed by atoms with Crippen LogP contribution in [0, 0.1) is 10.1 Å². The van der Waals surface area contributed by atoms with E-state index in [9.17, 15) is 10.1 Å². The Hall–Kier alpha value is -1.66. The first-order valence-electron chi connectivity index (χ1n) is 6.91. The van der Waals surface area contributed by atoms with Gasteiger partial charge in [-0.05, 0) is 39.3 Å². The fraction of sp³-hybridized carbons (Fsp3) is 0.600. The third-order valence-electron chi connectivity index (χ3n) is 2.92. The molecule has 0 saturated carbocycles. The number of nitro benzene ring substituents is 1. The Labute approximate surface area is 125 Å². The van der Waals surface area contributed by atoms with E-state index in [1.807, 2.05) is 6.92 Å². The van der Waals surface area contributed by atoms with E-state index >= 15 is 0 Å². The van der Waals surface area contributed by atoms with Gasteiger partial charge in [-0.15, -0.1) is 0 Å². The predicted molar refractivity (Wildman–Crippen MR) is 81.7 cm³/mol. The Morgan fingerprint density at radius 1 is 1.38 bits per heavy atom. The van der Waals surface area contributed by atoms with Gasteiger partial charge in [0.05, 0.1) is 11.0 Å². The van der Waals surface area contributed by atoms with Gasteiger partial charge in [0.25, 0.3) is 0 Å². The smallest absolute Gasteiger partial charge is 0.310 e. The summed E-state index contributed by atoms with van der Waals surface area (Å²) in [6, 6.07) is 4.93. The monoisotopic (exact) mass is 296 g/mol. The van der Waals surface area contributed by atoms with Gasteiger partial charge in [0.1, 0.15) is 6.61 Å². The van der Waals surface area contributed by atoms with Crippen molar-refractivity contribution in [2.75, 3.05) is 13.7 Å². The molecule has 0 aliphatic carbocycles. The lowest BCUT2D eigenvalue weighted by atomic mass is 10.1. The fourth-order valence-corrected chi connectivity index (χ4v) is 1.58. The second kappa shape index (κ2) is 7.38. The third-order valence-corrected chi connectivity index (χ3v) is 2.92. The summed E-state index contributed by atoms with van der Waals surface area (Å²) in [5, 5.41) is 14.4. The molecule has 0 radical (unpaired) electrons. The number of hydrogen-bond donors (Lipinski definition) is 1. The van der Waals surface area contributed by atoms with Crippen LogP contribution in [-0.2, 0) is 11.3 Å². The van der Waals surface area contributed by atoms with Crippen molar-refractivity contribution in [1.29, 1.82) is 0 Å². The van der Waals surface area contributed by atoms with Gasteiger partial charge in [0, 0.05) is 25.3 Å². The zero-order valence-corrected chi connectivity index (χ0v) is 13.3. The van der Waals surface area contributed by atoms with Gasteiger partial charge in [0.2, 0.25) is 0 Å². The Morgan fingerprint density at radius 2 is 2.05 bits per heavy atom. The minimum Gasteiger partial charge on any atom is -0.484 e. The van der Waals surface area contributed by atoms with Crippen LogP contribution in [0.2, 0.25) is 0 Å². The van der Waals surface area contributed by atoms with Crippen molar-refractivity contribution in [3.63, 3.8) is 0 Å². The van der Waals surface area contributed by atoms with Crippen LogP contribution in [0.4, 0.5) is 5.69 Å². The number of methoxy groups -OCH3 is 1. The Morgan fingerprint density at radius 3 is 2.57 bits per heavy atom. The normalized spacial score (nSPS) is 13.0. The molecule has 0 aliphatic rings. The zero-order chi connectivity index (χ0) is 16.0. The van der Waals surface area contributed by atoms with Crippen molar-refractivity contribution >= 4 is 5.69 Å². The number of benzene rings is 1. The van der Waals surface area contributed by atoms with Crippen LogP contribution in [0.5, 0.6) is 5.75 Å². The van der Waals surface area contributed by atoms with E-state index in [4.69, 9.17) is 9.47 Å². The quantitative estimate of drug-likeness (QED) is 0.618. The van der Waals surface area contributed by atoms with E-state index in [1.54, 1.807) is 19.2 Å². The molecule has 0 aromatic heterocycles. The fourth-order valence-electron chi connectivity index (χ4n) is 1.58. The van der Waals surface area contributed by atoms with Gasteiger partial charge in [-0.3, -0.25) is 10.1 Å². The van der Waals surface area contributed by atoms with Crippen LogP contribution in [0.15, 0.2) is 18.2 Å². The lowest BCUT2D eigenvalue weighted by Crippen LogP contribution is -2.35. The van der Waals surface area contributed by atoms with Crippen molar-refractivity contribution in [2.45, 2.75) is 45.9 Å². The van der Waals surface area contributed by atoms with Crippen LogP contribution < -0.4 is 10.1 Å². The molecule has 0 saturated heterocycles. The van der Waals surface area contributed by atoms with Crippen molar-refractivity contribution in [3.05, 3.63) is 33.9 Å². The van der Waals surface area contributed by atoms with Crippen molar-refractivity contribution in [2.24, 2.45) is 0 Å². The molecule has 1 rings (SSSR count). The van der Waals surface area contributed by atoms with Crippen molar-refractivity contribution in [3.8, 4) is 5.75 Å². The summed E-state index contributed by atoms with van der Waals surface area (Å²) in [4.78, 5) is 10.6. The first kappa shape index (κ1) is 17.4. The summed E-state index contributed by atoms with van der Waals surface area (Å²) in [7, 11) is 1.58. The number of nitro groups is 1. The molecule has 0 aliphatic heterocycles. The summed E-state index contributed by atoms with van der Waals surface area (Å²) < 4.78 is 10.6. The topological polar surface area (TPSA) is 73.6 Å². The maximum Gasteiger partial charge on any atom is 0.310 e. The lowest BCUT2D eigenvalue weighted by molar-refractivity contribution is -0.385. The molecule has 21 heavy (non-hydrogen) atoms. The Kier molecular flexibility index (Phi) is 6.11. The van der Waals surface area contributed by atoms with Gasteiger partial charge in [-0.2, -0.15) is 0 Å². The first-order chi connectivity index (χ1) is 9.73. The highest BCUT2D eigenvalue weighted by atomic mass is 16.6. The van der Waals surface area contributed by atoms with Crippen molar-refractivity contribution in [1.82, 2.24) is 5.32 Å². The highest BCUT2D eigenvalue weighted by Gasteiger charge is 2.17. The first-order valence-corrected chi connectivity index (χ1v) is 6.91. The summed E-state index contributed by atoms with van der Waals surface area (Å²) in [6.07, 6.45) is -0.124. The van der Waals surface area contributed by atoms with Gasteiger partial charge in [-0.1, -0.05) is 6.07 Å². The van der Waals surface area contributed by atoms with Crippen LogP contribution in [-0.4, -0.2) is 30.3 Å². The number of hydrogen-bond acceptors (Lipinski definition) is 5. The average molecular weight is 296 g/mol. The molecule has 0 fully saturated rings. The molecule has 0 heterocycles. The minimum absolute atomic E-state index is 0.0205. The van der Waals surface area contributed by atoms with Crippen LogP contribution in [0.1, 0.15) is 33.3 Å². The van der Waals surface area contributed by atoms with E-state index in [-0.39, 0.29) is 29.7 Å². The molecule has 118 valence electrons. The SMILES string of the molecule is COC(C)COc1cc(CNC(C)(C)C)ccc1[N+](=O)[O-]. The van der Waals surface area contributed by atoms with E-state index in [0.29, 0.717) is 6.54 Å². The highest BCUT2D eigenvalue weighted by molar-refractivity contribution is 5.48. The number of rotatable bonds is 7. The standard InChI is InChI=1S/C15H24N2O4/c1-11(20-5)10-21-14-8-12(9-16-15(2,3)4)6-7-13(14)17(18)19/h6-8,11,16H,9-10H2,1-5H3. The Bertz CT molecular complexity index is 483. The molecule has 1 aromatic rings. The molecule has 6 nitrogen and oxygen atoms in total. The van der Waals surface area contributed by atoms with E-state index in [2.05, 4.69) is 26.1 Å². The van der Waals surface area contributed by atoms with Crippen LogP contribution in [0.3, 0.4) is 0 Å². The molecule has 6 heteroatoms. The maximum absolute atomic E-state index is 11.0. The second-order valence-electron chi connectivity index (χ2n) is 6.02. The van der Waals surface area contributed by atoms with E-state index in [1.165, 1.54) is 6.07 Å². The zero-order valence-electron chi connectivity index (χ0n) is 13.3. The van der Waals surface area contributed by atoms with Gasteiger partial charge in [0.15, 0.2) is 5.75 Å².